The summed E-state index contributed by atoms with van der Waals surface area (Å²) in [6.07, 6.45) is 0. The average molecular weight is 281 g/mol. The van der Waals surface area contributed by atoms with Gasteiger partial charge in [-0.3, -0.25) is 0 Å². The summed E-state index contributed by atoms with van der Waals surface area (Å²) in [7, 11) is 1.61. The number of para-hydroxylation sites is 1. The van der Waals surface area contributed by atoms with Crippen molar-refractivity contribution in [2.24, 2.45) is 0 Å². The molecule has 0 aliphatic carbocycles. The number of hydrogen-bond donors (Lipinski definition) is 0. The number of hydrogen-bond acceptors (Lipinski definition) is 1. The SMILES string of the molecule is COc1ccccc1-c1ccc(Br)c(F)c1. The second-order valence-electron chi connectivity index (χ2n) is 3.33. The minimum absolute atomic E-state index is 0.275. The predicted octanol–water partition coefficient (Wildman–Crippen LogP) is 4.26. The maximum absolute atomic E-state index is 13.4. The lowest BCUT2D eigenvalue weighted by molar-refractivity contribution is 0.416. The molecule has 0 atom stereocenters. The van der Waals surface area contributed by atoms with Gasteiger partial charge in [0.15, 0.2) is 0 Å². The van der Waals surface area contributed by atoms with Crippen molar-refractivity contribution in [2.75, 3.05) is 7.11 Å². The first-order valence-electron chi connectivity index (χ1n) is 4.81. The monoisotopic (exact) mass is 280 g/mol. The molecule has 0 saturated carbocycles. The van der Waals surface area contributed by atoms with Crippen LogP contribution in [-0.4, -0.2) is 7.11 Å². The van der Waals surface area contributed by atoms with Gasteiger partial charge in [0.05, 0.1) is 11.6 Å². The molecule has 2 rings (SSSR count). The first kappa shape index (κ1) is 11.1. The summed E-state index contributed by atoms with van der Waals surface area (Å²) < 4.78 is 19.1. The largest absolute Gasteiger partial charge is 0.496 e. The second-order valence-corrected chi connectivity index (χ2v) is 4.18. The normalized spacial score (nSPS) is 10.2. The first-order valence-corrected chi connectivity index (χ1v) is 5.60. The molecule has 0 bridgehead atoms. The lowest BCUT2D eigenvalue weighted by Gasteiger charge is -2.08. The van der Waals surface area contributed by atoms with Gasteiger partial charge in [-0.2, -0.15) is 0 Å². The zero-order valence-corrected chi connectivity index (χ0v) is 10.3. The molecule has 0 aliphatic rings. The van der Waals surface area contributed by atoms with Gasteiger partial charge in [-0.25, -0.2) is 4.39 Å². The summed E-state index contributed by atoms with van der Waals surface area (Å²) in [5.41, 5.74) is 1.69. The van der Waals surface area contributed by atoms with Gasteiger partial charge in [-0.15, -0.1) is 0 Å². The molecule has 0 aromatic heterocycles. The molecule has 2 aromatic rings. The summed E-state index contributed by atoms with van der Waals surface area (Å²) in [6.45, 7) is 0. The van der Waals surface area contributed by atoms with Gasteiger partial charge in [-0.1, -0.05) is 24.3 Å². The molecular weight excluding hydrogens is 271 g/mol. The van der Waals surface area contributed by atoms with Gasteiger partial charge in [0.1, 0.15) is 11.6 Å². The van der Waals surface area contributed by atoms with E-state index in [0.29, 0.717) is 4.47 Å². The van der Waals surface area contributed by atoms with Crippen LogP contribution >= 0.6 is 15.9 Å². The molecule has 0 amide bonds. The topological polar surface area (TPSA) is 9.23 Å². The molecule has 0 spiro atoms. The van der Waals surface area contributed by atoms with Crippen LogP contribution in [-0.2, 0) is 0 Å². The van der Waals surface area contributed by atoms with Gasteiger partial charge in [0.25, 0.3) is 0 Å². The van der Waals surface area contributed by atoms with Gasteiger partial charge >= 0.3 is 0 Å². The first-order chi connectivity index (χ1) is 7.72. The molecule has 0 saturated heterocycles. The third kappa shape index (κ3) is 2.09. The quantitative estimate of drug-likeness (QED) is 0.799. The summed E-state index contributed by atoms with van der Waals surface area (Å²) in [5.74, 6) is 0.465. The highest BCUT2D eigenvalue weighted by Gasteiger charge is 2.07. The molecule has 0 heterocycles. The van der Waals surface area contributed by atoms with Crippen LogP contribution in [0, 0.1) is 5.82 Å². The zero-order valence-electron chi connectivity index (χ0n) is 8.71. The second kappa shape index (κ2) is 4.66. The molecule has 0 N–H and O–H groups in total. The van der Waals surface area contributed by atoms with Crippen molar-refractivity contribution in [3.63, 3.8) is 0 Å². The molecule has 1 nitrogen and oxygen atoms in total. The molecule has 0 aliphatic heterocycles. The Labute approximate surface area is 102 Å². The van der Waals surface area contributed by atoms with Crippen molar-refractivity contribution < 1.29 is 9.13 Å². The van der Waals surface area contributed by atoms with Crippen molar-refractivity contribution in [3.8, 4) is 16.9 Å². The Balaban J connectivity index is 2.54. The molecule has 2 aromatic carbocycles. The summed E-state index contributed by atoms with van der Waals surface area (Å²) in [5, 5.41) is 0. The van der Waals surface area contributed by atoms with E-state index in [2.05, 4.69) is 15.9 Å². The smallest absolute Gasteiger partial charge is 0.137 e. The zero-order chi connectivity index (χ0) is 11.5. The average Bonchev–Trinajstić information content (AvgIpc) is 2.32. The van der Waals surface area contributed by atoms with Crippen LogP contribution in [0.3, 0.4) is 0 Å². The maximum atomic E-state index is 13.4. The molecule has 16 heavy (non-hydrogen) atoms. The molecule has 0 radical (unpaired) electrons. The number of rotatable bonds is 2. The Hall–Kier alpha value is -1.35. The van der Waals surface area contributed by atoms with Gasteiger partial charge in [-0.05, 0) is 39.7 Å². The minimum atomic E-state index is -0.275. The number of ether oxygens (including phenoxy) is 1. The van der Waals surface area contributed by atoms with Gasteiger partial charge in [0, 0.05) is 5.56 Å². The molecule has 0 fully saturated rings. The van der Waals surface area contributed by atoms with Crippen LogP contribution in [0.25, 0.3) is 11.1 Å². The van der Waals surface area contributed by atoms with Crippen LogP contribution in [0.1, 0.15) is 0 Å². The van der Waals surface area contributed by atoms with Crippen molar-refractivity contribution in [3.05, 3.63) is 52.8 Å². The van der Waals surface area contributed by atoms with E-state index in [1.54, 1.807) is 13.2 Å². The van der Waals surface area contributed by atoms with E-state index in [9.17, 15) is 4.39 Å². The fourth-order valence-electron chi connectivity index (χ4n) is 1.55. The maximum Gasteiger partial charge on any atom is 0.137 e. The third-order valence-electron chi connectivity index (χ3n) is 2.34. The molecule has 0 unspecified atom stereocenters. The van der Waals surface area contributed by atoms with Crippen molar-refractivity contribution in [1.82, 2.24) is 0 Å². The van der Waals surface area contributed by atoms with E-state index in [1.165, 1.54) is 6.07 Å². The number of methoxy groups -OCH3 is 1. The molecular formula is C13H10BrFO. The van der Waals surface area contributed by atoms with Crippen molar-refractivity contribution in [2.45, 2.75) is 0 Å². The highest BCUT2D eigenvalue weighted by molar-refractivity contribution is 9.10. The fourth-order valence-corrected chi connectivity index (χ4v) is 1.79. The number of benzene rings is 2. The van der Waals surface area contributed by atoms with E-state index in [0.717, 1.165) is 16.9 Å². The molecule has 82 valence electrons. The lowest BCUT2D eigenvalue weighted by atomic mass is 10.0. The minimum Gasteiger partial charge on any atom is -0.496 e. The van der Waals surface area contributed by atoms with Crippen molar-refractivity contribution >= 4 is 15.9 Å². The Kier molecular flexibility index (Phi) is 3.25. The third-order valence-corrected chi connectivity index (χ3v) is 2.98. The van der Waals surface area contributed by atoms with E-state index in [-0.39, 0.29) is 5.82 Å². The Morgan fingerprint density at radius 1 is 1.12 bits per heavy atom. The van der Waals surface area contributed by atoms with E-state index >= 15 is 0 Å². The van der Waals surface area contributed by atoms with E-state index in [4.69, 9.17) is 4.74 Å². The number of halogens is 2. The van der Waals surface area contributed by atoms with Gasteiger partial charge < -0.3 is 4.74 Å². The Morgan fingerprint density at radius 2 is 1.88 bits per heavy atom. The highest BCUT2D eigenvalue weighted by atomic mass is 79.9. The fraction of sp³-hybridized carbons (Fsp3) is 0.0769. The van der Waals surface area contributed by atoms with E-state index in [1.807, 2.05) is 30.3 Å². The molecule has 3 heteroatoms. The van der Waals surface area contributed by atoms with E-state index < -0.39 is 0 Å². The summed E-state index contributed by atoms with van der Waals surface area (Å²) in [4.78, 5) is 0. The summed E-state index contributed by atoms with van der Waals surface area (Å²) in [6, 6.07) is 12.6. The Bertz CT molecular complexity index is 511. The Morgan fingerprint density at radius 3 is 2.56 bits per heavy atom. The summed E-state index contributed by atoms with van der Waals surface area (Å²) >= 11 is 3.13. The predicted molar refractivity (Wildman–Crippen MR) is 66.1 cm³/mol. The van der Waals surface area contributed by atoms with Gasteiger partial charge in [0.2, 0.25) is 0 Å². The lowest BCUT2D eigenvalue weighted by Crippen LogP contribution is -1.88. The van der Waals surface area contributed by atoms with Crippen LogP contribution in [0.2, 0.25) is 0 Å². The van der Waals surface area contributed by atoms with Crippen molar-refractivity contribution in [1.29, 1.82) is 0 Å². The van der Waals surface area contributed by atoms with Crippen LogP contribution in [0.5, 0.6) is 5.75 Å². The van der Waals surface area contributed by atoms with Crippen LogP contribution in [0.15, 0.2) is 46.9 Å². The van der Waals surface area contributed by atoms with Crippen LogP contribution < -0.4 is 4.74 Å². The highest BCUT2D eigenvalue weighted by Crippen LogP contribution is 2.31. The standard InChI is InChI=1S/C13H10BrFO/c1-16-13-5-3-2-4-10(13)9-6-7-11(14)12(15)8-9/h2-8H,1H3. The van der Waals surface area contributed by atoms with Crippen LogP contribution in [0.4, 0.5) is 4.39 Å².